The maximum Gasteiger partial charge on any atom is 0.119 e. The van der Waals surface area contributed by atoms with E-state index in [1.54, 1.807) is 0 Å². The molecule has 0 unspecified atom stereocenters. The monoisotopic (exact) mass is 417 g/mol. The Hall–Kier alpha value is -2.73. The summed E-state index contributed by atoms with van der Waals surface area (Å²) in [6.07, 6.45) is 3.79. The van der Waals surface area contributed by atoms with Crippen LogP contribution in [0.5, 0.6) is 5.75 Å². The summed E-state index contributed by atoms with van der Waals surface area (Å²) in [5.41, 5.74) is 3.71. The van der Waals surface area contributed by atoms with E-state index in [-0.39, 0.29) is 0 Å². The lowest BCUT2D eigenvalue weighted by Crippen LogP contribution is -2.41. The maximum atomic E-state index is 5.93. The summed E-state index contributed by atoms with van der Waals surface area (Å²) < 4.78 is 11.4. The van der Waals surface area contributed by atoms with Gasteiger partial charge in [-0.1, -0.05) is 48.5 Å². The van der Waals surface area contributed by atoms with E-state index >= 15 is 0 Å². The van der Waals surface area contributed by atoms with Crippen LogP contribution in [0.2, 0.25) is 0 Å². The minimum atomic E-state index is 0.590. The minimum Gasteiger partial charge on any atom is -0.489 e. The van der Waals surface area contributed by atoms with Crippen molar-refractivity contribution in [1.29, 1.82) is 0 Å². The van der Waals surface area contributed by atoms with Crippen LogP contribution in [0, 0.1) is 0 Å². The Balaban J connectivity index is 1.34. The summed E-state index contributed by atoms with van der Waals surface area (Å²) in [5.74, 6) is 0.903. The van der Waals surface area contributed by atoms with E-state index in [9.17, 15) is 0 Å². The van der Waals surface area contributed by atoms with Crippen molar-refractivity contribution in [2.45, 2.75) is 19.7 Å². The van der Waals surface area contributed by atoms with E-state index in [2.05, 4.69) is 57.2 Å². The second kappa shape index (κ2) is 11.6. The van der Waals surface area contributed by atoms with Crippen molar-refractivity contribution in [1.82, 2.24) is 14.8 Å². The number of pyridine rings is 1. The van der Waals surface area contributed by atoms with Crippen LogP contribution in [0.25, 0.3) is 0 Å². The highest BCUT2D eigenvalue weighted by Crippen LogP contribution is 2.17. The molecule has 0 amide bonds. The first-order valence-corrected chi connectivity index (χ1v) is 11.0. The third-order valence-corrected chi connectivity index (χ3v) is 5.54. The Labute approximate surface area is 185 Å². The summed E-state index contributed by atoms with van der Waals surface area (Å²) >= 11 is 0. The number of aromatic nitrogens is 1. The Morgan fingerprint density at radius 1 is 0.839 bits per heavy atom. The number of morpholine rings is 1. The molecule has 0 aliphatic carbocycles. The molecule has 3 aromatic rings. The molecule has 2 heterocycles. The Morgan fingerprint density at radius 2 is 1.58 bits per heavy atom. The van der Waals surface area contributed by atoms with Crippen LogP contribution >= 0.6 is 0 Å². The number of rotatable bonds is 10. The molecule has 5 heteroatoms. The molecule has 162 valence electrons. The van der Waals surface area contributed by atoms with Crippen LogP contribution in [-0.4, -0.2) is 54.2 Å². The molecule has 0 bridgehead atoms. The van der Waals surface area contributed by atoms with Gasteiger partial charge in [-0.25, -0.2) is 0 Å². The van der Waals surface area contributed by atoms with Crippen LogP contribution < -0.4 is 4.74 Å². The topological polar surface area (TPSA) is 37.8 Å². The molecule has 31 heavy (non-hydrogen) atoms. The molecule has 1 aromatic heterocycles. The van der Waals surface area contributed by atoms with Crippen LogP contribution in [-0.2, 0) is 24.4 Å². The smallest absolute Gasteiger partial charge is 0.119 e. The molecule has 5 nitrogen and oxygen atoms in total. The molecule has 1 aliphatic rings. The fraction of sp³-hybridized carbons (Fsp3) is 0.346. The fourth-order valence-corrected chi connectivity index (χ4v) is 3.76. The normalized spacial score (nSPS) is 14.6. The molecule has 1 aliphatic heterocycles. The van der Waals surface area contributed by atoms with Crippen molar-refractivity contribution in [3.05, 3.63) is 95.8 Å². The van der Waals surface area contributed by atoms with Gasteiger partial charge in [-0.2, -0.15) is 0 Å². The fourth-order valence-electron chi connectivity index (χ4n) is 3.76. The van der Waals surface area contributed by atoms with Gasteiger partial charge in [-0.3, -0.25) is 14.8 Å². The maximum absolute atomic E-state index is 5.93. The molecule has 0 atom stereocenters. The van der Waals surface area contributed by atoms with E-state index in [1.165, 1.54) is 16.7 Å². The zero-order valence-electron chi connectivity index (χ0n) is 18.0. The zero-order chi connectivity index (χ0) is 21.1. The number of ether oxygens (including phenoxy) is 2. The molecule has 0 spiro atoms. The minimum absolute atomic E-state index is 0.590. The SMILES string of the molecule is c1ccc(COc2ccc(CN(CCN3CCOCC3)Cc3cccnc3)cc2)cc1. The zero-order valence-corrected chi connectivity index (χ0v) is 18.0. The lowest BCUT2D eigenvalue weighted by atomic mass is 10.2. The Kier molecular flexibility index (Phi) is 8.05. The average molecular weight is 418 g/mol. The third-order valence-electron chi connectivity index (χ3n) is 5.54. The van der Waals surface area contributed by atoms with Gasteiger partial charge in [-0.05, 0) is 34.9 Å². The average Bonchev–Trinajstić information content (AvgIpc) is 2.84. The lowest BCUT2D eigenvalue weighted by Gasteiger charge is -2.30. The van der Waals surface area contributed by atoms with Crippen molar-refractivity contribution in [2.24, 2.45) is 0 Å². The summed E-state index contributed by atoms with van der Waals surface area (Å²) in [6.45, 7) is 8.18. The van der Waals surface area contributed by atoms with Crippen LogP contribution in [0.15, 0.2) is 79.1 Å². The van der Waals surface area contributed by atoms with Gasteiger partial charge in [0.15, 0.2) is 0 Å². The van der Waals surface area contributed by atoms with Gasteiger partial charge in [0.2, 0.25) is 0 Å². The molecule has 0 N–H and O–H groups in total. The molecule has 0 radical (unpaired) electrons. The van der Waals surface area contributed by atoms with Gasteiger partial charge >= 0.3 is 0 Å². The van der Waals surface area contributed by atoms with Gasteiger partial charge in [0.05, 0.1) is 13.2 Å². The second-order valence-electron chi connectivity index (χ2n) is 7.94. The van der Waals surface area contributed by atoms with Crippen molar-refractivity contribution < 1.29 is 9.47 Å². The number of hydrogen-bond acceptors (Lipinski definition) is 5. The van der Waals surface area contributed by atoms with Gasteiger partial charge in [0.25, 0.3) is 0 Å². The number of nitrogens with zero attached hydrogens (tertiary/aromatic N) is 3. The molecular formula is C26H31N3O2. The van der Waals surface area contributed by atoms with E-state index in [1.807, 2.05) is 36.7 Å². The van der Waals surface area contributed by atoms with Crippen molar-refractivity contribution in [3.63, 3.8) is 0 Å². The Bertz CT molecular complexity index is 882. The molecule has 4 rings (SSSR count). The highest BCUT2D eigenvalue weighted by molar-refractivity contribution is 5.28. The van der Waals surface area contributed by atoms with Crippen molar-refractivity contribution >= 4 is 0 Å². The van der Waals surface area contributed by atoms with E-state index < -0.39 is 0 Å². The highest BCUT2D eigenvalue weighted by atomic mass is 16.5. The second-order valence-corrected chi connectivity index (χ2v) is 7.94. The summed E-state index contributed by atoms with van der Waals surface area (Å²) in [6, 6.07) is 22.9. The van der Waals surface area contributed by atoms with Crippen LogP contribution in [0.4, 0.5) is 0 Å². The third kappa shape index (κ3) is 7.17. The quantitative estimate of drug-likeness (QED) is 0.499. The van der Waals surface area contributed by atoms with E-state index in [0.717, 1.165) is 58.2 Å². The van der Waals surface area contributed by atoms with Gasteiger partial charge in [0, 0.05) is 51.7 Å². The van der Waals surface area contributed by atoms with Gasteiger partial charge in [0.1, 0.15) is 12.4 Å². The molecule has 1 saturated heterocycles. The first-order valence-electron chi connectivity index (χ1n) is 11.0. The predicted octanol–water partition coefficient (Wildman–Crippen LogP) is 4.00. The first kappa shape index (κ1) is 21.5. The van der Waals surface area contributed by atoms with Crippen LogP contribution in [0.1, 0.15) is 16.7 Å². The summed E-state index contributed by atoms with van der Waals surface area (Å²) in [4.78, 5) is 9.26. The first-order chi connectivity index (χ1) is 15.3. The van der Waals surface area contributed by atoms with E-state index in [0.29, 0.717) is 6.61 Å². The predicted molar refractivity (Wildman–Crippen MR) is 123 cm³/mol. The largest absolute Gasteiger partial charge is 0.489 e. The van der Waals surface area contributed by atoms with Crippen molar-refractivity contribution in [2.75, 3.05) is 39.4 Å². The molecule has 2 aromatic carbocycles. The molecule has 1 fully saturated rings. The molecule has 0 saturated carbocycles. The Morgan fingerprint density at radius 3 is 2.32 bits per heavy atom. The van der Waals surface area contributed by atoms with Gasteiger partial charge in [-0.15, -0.1) is 0 Å². The summed E-state index contributed by atoms with van der Waals surface area (Å²) in [7, 11) is 0. The van der Waals surface area contributed by atoms with Crippen LogP contribution in [0.3, 0.4) is 0 Å². The van der Waals surface area contributed by atoms with Crippen molar-refractivity contribution in [3.8, 4) is 5.75 Å². The molecular weight excluding hydrogens is 386 g/mol. The standard InChI is InChI=1S/C26H31N3O2/c1-2-5-24(6-3-1)22-31-26-10-8-23(9-11-26)20-29(21-25-7-4-12-27-19-25)14-13-28-15-17-30-18-16-28/h1-12,19H,13-18,20-22H2. The summed E-state index contributed by atoms with van der Waals surface area (Å²) in [5, 5.41) is 0. The number of benzene rings is 2. The van der Waals surface area contributed by atoms with E-state index in [4.69, 9.17) is 9.47 Å². The lowest BCUT2D eigenvalue weighted by molar-refractivity contribution is 0.0325. The highest BCUT2D eigenvalue weighted by Gasteiger charge is 2.13. The number of hydrogen-bond donors (Lipinski definition) is 0. The van der Waals surface area contributed by atoms with Gasteiger partial charge < -0.3 is 9.47 Å².